The summed E-state index contributed by atoms with van der Waals surface area (Å²) in [6.07, 6.45) is -0.682. The van der Waals surface area contributed by atoms with Gasteiger partial charge in [0.15, 0.2) is 0 Å². The normalized spacial score (nSPS) is 12.3. The molecule has 0 aromatic heterocycles. The highest BCUT2D eigenvalue weighted by atomic mass is 16.7. The highest BCUT2D eigenvalue weighted by Crippen LogP contribution is 2.11. The third kappa shape index (κ3) is 11.3. The zero-order chi connectivity index (χ0) is 17.5. The van der Waals surface area contributed by atoms with Crippen molar-refractivity contribution in [1.29, 1.82) is 0 Å². The Balaban J connectivity index is 1.87. The van der Waals surface area contributed by atoms with Crippen LogP contribution < -0.4 is 4.74 Å². The molecule has 1 atom stereocenters. The maximum absolute atomic E-state index is 9.77. The second-order valence-electron chi connectivity index (χ2n) is 5.12. The molecule has 0 saturated carbocycles. The van der Waals surface area contributed by atoms with E-state index < -0.39 is 6.10 Å². The first-order valence-corrected chi connectivity index (χ1v) is 8.01. The van der Waals surface area contributed by atoms with Crippen molar-refractivity contribution in [2.45, 2.75) is 13.0 Å². The standard InChI is InChI=1S/C17H28O7/c1-15-2-4-17(5-3-15)24-13-16(19)12-21-10-8-20-9-11-23-14-22-7-6-18/h2-5,16,18-19H,6-14H2,1H3. The number of hydrogen-bond acceptors (Lipinski definition) is 7. The van der Waals surface area contributed by atoms with Crippen LogP contribution in [0, 0.1) is 6.92 Å². The Kier molecular flexibility index (Phi) is 12.3. The van der Waals surface area contributed by atoms with Crippen LogP contribution in [0.5, 0.6) is 5.75 Å². The van der Waals surface area contributed by atoms with E-state index in [2.05, 4.69) is 0 Å². The van der Waals surface area contributed by atoms with E-state index in [0.717, 1.165) is 11.3 Å². The molecule has 7 nitrogen and oxygen atoms in total. The predicted octanol–water partition coefficient (Wildman–Crippen LogP) is 0.751. The molecule has 0 heterocycles. The number of hydrogen-bond donors (Lipinski definition) is 2. The van der Waals surface area contributed by atoms with E-state index in [0.29, 0.717) is 26.4 Å². The maximum Gasteiger partial charge on any atom is 0.146 e. The first kappa shape index (κ1) is 20.8. The van der Waals surface area contributed by atoms with Gasteiger partial charge in [-0.3, -0.25) is 0 Å². The predicted molar refractivity (Wildman–Crippen MR) is 88.2 cm³/mol. The van der Waals surface area contributed by atoms with Gasteiger partial charge in [0.2, 0.25) is 0 Å². The molecule has 0 radical (unpaired) electrons. The van der Waals surface area contributed by atoms with Crippen molar-refractivity contribution in [3.05, 3.63) is 29.8 Å². The van der Waals surface area contributed by atoms with Gasteiger partial charge < -0.3 is 33.9 Å². The number of aliphatic hydroxyl groups is 2. The highest BCUT2D eigenvalue weighted by molar-refractivity contribution is 5.26. The van der Waals surface area contributed by atoms with Crippen molar-refractivity contribution in [1.82, 2.24) is 0 Å². The fourth-order valence-corrected chi connectivity index (χ4v) is 1.67. The molecule has 0 saturated heterocycles. The van der Waals surface area contributed by atoms with Gasteiger partial charge in [-0.1, -0.05) is 17.7 Å². The Labute approximate surface area is 143 Å². The number of rotatable bonds is 15. The molecule has 0 amide bonds. The van der Waals surface area contributed by atoms with E-state index in [9.17, 15) is 5.11 Å². The molecule has 0 aliphatic rings. The van der Waals surface area contributed by atoms with Gasteiger partial charge in [-0.25, -0.2) is 0 Å². The van der Waals surface area contributed by atoms with Crippen molar-refractivity contribution >= 4 is 0 Å². The molecular formula is C17H28O7. The lowest BCUT2D eigenvalue weighted by Crippen LogP contribution is -2.24. The lowest BCUT2D eigenvalue weighted by molar-refractivity contribution is -0.0799. The second kappa shape index (κ2) is 14.2. The van der Waals surface area contributed by atoms with Crippen molar-refractivity contribution in [3.63, 3.8) is 0 Å². The Morgan fingerprint density at radius 3 is 2.17 bits per heavy atom. The molecular weight excluding hydrogens is 316 g/mol. The van der Waals surface area contributed by atoms with Gasteiger partial charge in [0.1, 0.15) is 25.3 Å². The first-order chi connectivity index (χ1) is 11.7. The average Bonchev–Trinajstić information content (AvgIpc) is 2.59. The maximum atomic E-state index is 9.77. The van der Waals surface area contributed by atoms with Crippen molar-refractivity contribution in [2.24, 2.45) is 0 Å². The van der Waals surface area contributed by atoms with Crippen LogP contribution in [-0.2, 0) is 18.9 Å². The van der Waals surface area contributed by atoms with Crippen LogP contribution in [0.1, 0.15) is 5.56 Å². The minimum absolute atomic E-state index is 0.0148. The van der Waals surface area contributed by atoms with Crippen molar-refractivity contribution in [2.75, 3.05) is 59.6 Å². The lowest BCUT2D eigenvalue weighted by atomic mass is 10.2. The Morgan fingerprint density at radius 2 is 1.46 bits per heavy atom. The lowest BCUT2D eigenvalue weighted by Gasteiger charge is -2.13. The molecule has 24 heavy (non-hydrogen) atoms. The van der Waals surface area contributed by atoms with Crippen LogP contribution in [-0.4, -0.2) is 76.0 Å². The zero-order valence-corrected chi connectivity index (χ0v) is 14.2. The van der Waals surface area contributed by atoms with E-state index in [1.165, 1.54) is 0 Å². The molecule has 2 N–H and O–H groups in total. The second-order valence-corrected chi connectivity index (χ2v) is 5.12. The van der Waals surface area contributed by atoms with Gasteiger partial charge in [0.25, 0.3) is 0 Å². The molecule has 0 aliphatic carbocycles. The fraction of sp³-hybridized carbons (Fsp3) is 0.647. The Morgan fingerprint density at radius 1 is 0.833 bits per heavy atom. The SMILES string of the molecule is Cc1ccc(OCC(O)COCCOCCOCOCCO)cc1. The summed E-state index contributed by atoms with van der Waals surface area (Å²) < 4.78 is 26.1. The molecule has 7 heteroatoms. The van der Waals surface area contributed by atoms with Crippen LogP contribution in [0.25, 0.3) is 0 Å². The summed E-state index contributed by atoms with van der Waals surface area (Å²) in [5.41, 5.74) is 1.16. The zero-order valence-electron chi connectivity index (χ0n) is 14.2. The first-order valence-electron chi connectivity index (χ1n) is 8.01. The van der Waals surface area contributed by atoms with E-state index in [1.54, 1.807) is 0 Å². The summed E-state index contributed by atoms with van der Waals surface area (Å²) in [6, 6.07) is 7.65. The minimum atomic E-state index is -0.682. The fourth-order valence-electron chi connectivity index (χ4n) is 1.67. The molecule has 0 fully saturated rings. The topological polar surface area (TPSA) is 86.6 Å². The quantitative estimate of drug-likeness (QED) is 0.359. The molecule has 0 spiro atoms. The van der Waals surface area contributed by atoms with Gasteiger partial charge in [0.05, 0.1) is 46.2 Å². The molecule has 1 aromatic carbocycles. The largest absolute Gasteiger partial charge is 0.491 e. The smallest absolute Gasteiger partial charge is 0.146 e. The van der Waals surface area contributed by atoms with Gasteiger partial charge in [0, 0.05) is 0 Å². The average molecular weight is 344 g/mol. The number of aliphatic hydroxyl groups excluding tert-OH is 2. The summed E-state index contributed by atoms with van der Waals surface area (Å²) in [4.78, 5) is 0. The molecule has 1 unspecified atom stereocenters. The summed E-state index contributed by atoms with van der Waals surface area (Å²) in [5, 5.41) is 18.3. The van der Waals surface area contributed by atoms with Gasteiger partial charge in [-0.15, -0.1) is 0 Å². The van der Waals surface area contributed by atoms with E-state index >= 15 is 0 Å². The molecule has 1 rings (SSSR count). The highest BCUT2D eigenvalue weighted by Gasteiger charge is 2.05. The summed E-state index contributed by atoms with van der Waals surface area (Å²) in [6.45, 7) is 4.45. The van der Waals surface area contributed by atoms with Crippen LogP contribution in [0.2, 0.25) is 0 Å². The Bertz CT molecular complexity index is 396. The van der Waals surface area contributed by atoms with Crippen molar-refractivity contribution < 1.29 is 33.9 Å². The summed E-state index contributed by atoms with van der Waals surface area (Å²) in [5.74, 6) is 0.728. The van der Waals surface area contributed by atoms with Crippen LogP contribution >= 0.6 is 0 Å². The van der Waals surface area contributed by atoms with E-state index in [1.807, 2.05) is 31.2 Å². The third-order valence-corrected chi connectivity index (χ3v) is 2.92. The molecule has 138 valence electrons. The van der Waals surface area contributed by atoms with Gasteiger partial charge in [-0.2, -0.15) is 0 Å². The monoisotopic (exact) mass is 344 g/mol. The summed E-state index contributed by atoms with van der Waals surface area (Å²) in [7, 11) is 0. The van der Waals surface area contributed by atoms with E-state index in [-0.39, 0.29) is 33.2 Å². The molecule has 0 aliphatic heterocycles. The minimum Gasteiger partial charge on any atom is -0.491 e. The van der Waals surface area contributed by atoms with Crippen LogP contribution in [0.4, 0.5) is 0 Å². The Hall–Kier alpha value is -1.22. The third-order valence-electron chi connectivity index (χ3n) is 2.92. The molecule has 0 bridgehead atoms. The van der Waals surface area contributed by atoms with Crippen LogP contribution in [0.15, 0.2) is 24.3 Å². The number of aryl methyl sites for hydroxylation is 1. The van der Waals surface area contributed by atoms with E-state index in [4.69, 9.17) is 28.8 Å². The van der Waals surface area contributed by atoms with Gasteiger partial charge in [-0.05, 0) is 19.1 Å². The number of benzene rings is 1. The summed E-state index contributed by atoms with van der Waals surface area (Å²) >= 11 is 0. The van der Waals surface area contributed by atoms with Crippen LogP contribution in [0.3, 0.4) is 0 Å². The van der Waals surface area contributed by atoms with Gasteiger partial charge >= 0.3 is 0 Å². The van der Waals surface area contributed by atoms with Crippen molar-refractivity contribution in [3.8, 4) is 5.75 Å². The number of ether oxygens (including phenoxy) is 5. The molecule has 1 aromatic rings.